The number of fused-ring (bicyclic) bond motifs is 2. The lowest BCUT2D eigenvalue weighted by Crippen LogP contribution is -2.34. The first-order chi connectivity index (χ1) is 13.7. The maximum absolute atomic E-state index is 6.34. The van der Waals surface area contributed by atoms with E-state index in [4.69, 9.17) is 4.74 Å². The Morgan fingerprint density at radius 2 is 0.964 bits per heavy atom. The second-order valence-electron chi connectivity index (χ2n) is 6.95. The fourth-order valence-corrected chi connectivity index (χ4v) is 4.62. The minimum atomic E-state index is -0.478. The van der Waals surface area contributed by atoms with E-state index in [0.29, 0.717) is 0 Å². The molecule has 0 N–H and O–H groups in total. The SMILES string of the molecule is Sc1ccc2c(c1)Oc1cc(S)ccc1C2(c1ccccc1)c1ccccc1. The molecule has 0 unspecified atom stereocenters. The Balaban J connectivity index is 1.97. The average molecular weight is 399 g/mol. The highest BCUT2D eigenvalue weighted by Gasteiger charge is 2.45. The lowest BCUT2D eigenvalue weighted by molar-refractivity contribution is 0.432. The van der Waals surface area contributed by atoms with Gasteiger partial charge in [0.1, 0.15) is 11.5 Å². The van der Waals surface area contributed by atoms with Crippen molar-refractivity contribution in [2.75, 3.05) is 0 Å². The van der Waals surface area contributed by atoms with Crippen LogP contribution in [-0.4, -0.2) is 0 Å². The highest BCUT2D eigenvalue weighted by molar-refractivity contribution is 7.80. The molecule has 4 aromatic rings. The Hall–Kier alpha value is -2.62. The van der Waals surface area contributed by atoms with Gasteiger partial charge in [0.25, 0.3) is 0 Å². The highest BCUT2D eigenvalue weighted by Crippen LogP contribution is 2.55. The maximum Gasteiger partial charge on any atom is 0.133 e. The summed E-state index contributed by atoms with van der Waals surface area (Å²) in [5, 5.41) is 0. The van der Waals surface area contributed by atoms with Gasteiger partial charge in [-0.05, 0) is 35.4 Å². The zero-order valence-electron chi connectivity index (χ0n) is 15.0. The molecule has 0 spiro atoms. The minimum absolute atomic E-state index is 0.478. The van der Waals surface area contributed by atoms with Crippen LogP contribution in [0.25, 0.3) is 0 Å². The van der Waals surface area contributed by atoms with Crippen molar-refractivity contribution < 1.29 is 4.74 Å². The molecular weight excluding hydrogens is 380 g/mol. The van der Waals surface area contributed by atoms with Crippen LogP contribution < -0.4 is 4.74 Å². The molecule has 28 heavy (non-hydrogen) atoms. The average Bonchev–Trinajstić information content (AvgIpc) is 2.73. The first kappa shape index (κ1) is 17.5. The molecule has 0 radical (unpaired) electrons. The molecule has 1 aliphatic rings. The van der Waals surface area contributed by atoms with E-state index in [0.717, 1.165) is 32.4 Å². The lowest BCUT2D eigenvalue weighted by atomic mass is 9.64. The molecule has 1 nitrogen and oxygen atoms in total. The summed E-state index contributed by atoms with van der Waals surface area (Å²) >= 11 is 9.09. The molecule has 0 saturated heterocycles. The zero-order valence-corrected chi connectivity index (χ0v) is 16.8. The zero-order chi connectivity index (χ0) is 19.1. The molecule has 0 bridgehead atoms. The molecule has 0 aliphatic carbocycles. The minimum Gasteiger partial charge on any atom is -0.457 e. The Labute approximate surface area is 175 Å². The van der Waals surface area contributed by atoms with Gasteiger partial charge in [-0.15, -0.1) is 25.3 Å². The summed E-state index contributed by atoms with van der Waals surface area (Å²) in [4.78, 5) is 1.75. The van der Waals surface area contributed by atoms with Crippen molar-refractivity contribution in [3.8, 4) is 11.5 Å². The Kier molecular flexibility index (Phi) is 4.22. The van der Waals surface area contributed by atoms with Crippen molar-refractivity contribution in [1.29, 1.82) is 0 Å². The largest absolute Gasteiger partial charge is 0.457 e. The number of ether oxygens (including phenoxy) is 1. The third-order valence-electron chi connectivity index (χ3n) is 5.37. The number of thiol groups is 2. The second-order valence-corrected chi connectivity index (χ2v) is 7.98. The van der Waals surface area contributed by atoms with Crippen molar-refractivity contribution in [2.24, 2.45) is 0 Å². The van der Waals surface area contributed by atoms with Gasteiger partial charge in [0.2, 0.25) is 0 Å². The number of rotatable bonds is 2. The predicted molar refractivity (Wildman–Crippen MR) is 119 cm³/mol. The van der Waals surface area contributed by atoms with Crippen molar-refractivity contribution in [3.05, 3.63) is 119 Å². The Bertz CT molecular complexity index is 1060. The summed E-state index contributed by atoms with van der Waals surface area (Å²) in [7, 11) is 0. The molecule has 5 rings (SSSR count). The van der Waals surface area contributed by atoms with Crippen LogP contribution in [0.4, 0.5) is 0 Å². The van der Waals surface area contributed by atoms with Crippen LogP contribution in [0.3, 0.4) is 0 Å². The van der Waals surface area contributed by atoms with Crippen LogP contribution in [-0.2, 0) is 5.41 Å². The molecule has 3 heteroatoms. The lowest BCUT2D eigenvalue weighted by Gasteiger charge is -2.41. The van der Waals surface area contributed by atoms with Crippen LogP contribution >= 0.6 is 25.3 Å². The molecule has 4 aromatic carbocycles. The van der Waals surface area contributed by atoms with E-state index in [2.05, 4.69) is 98.1 Å². The molecule has 0 aromatic heterocycles. The van der Waals surface area contributed by atoms with Crippen molar-refractivity contribution in [3.63, 3.8) is 0 Å². The quantitative estimate of drug-likeness (QED) is 0.313. The number of hydrogen-bond donors (Lipinski definition) is 2. The molecule has 0 atom stereocenters. The van der Waals surface area contributed by atoms with Crippen molar-refractivity contribution in [2.45, 2.75) is 15.2 Å². The molecule has 0 amide bonds. The molecule has 1 aliphatic heterocycles. The predicted octanol–water partition coefficient (Wildman–Crippen LogP) is 6.75. The monoisotopic (exact) mass is 398 g/mol. The van der Waals surface area contributed by atoms with E-state index < -0.39 is 5.41 Å². The van der Waals surface area contributed by atoms with Crippen LogP contribution in [0, 0.1) is 0 Å². The summed E-state index contributed by atoms with van der Waals surface area (Å²) in [6, 6.07) is 33.5. The van der Waals surface area contributed by atoms with Crippen LogP contribution in [0.1, 0.15) is 22.3 Å². The van der Waals surface area contributed by atoms with Crippen molar-refractivity contribution in [1.82, 2.24) is 0 Å². The summed E-state index contributed by atoms with van der Waals surface area (Å²) in [6.07, 6.45) is 0. The Morgan fingerprint density at radius 1 is 0.536 bits per heavy atom. The highest BCUT2D eigenvalue weighted by atomic mass is 32.1. The molecular formula is C25H18OS2. The summed E-state index contributed by atoms with van der Waals surface area (Å²) in [5.41, 5.74) is 4.15. The van der Waals surface area contributed by atoms with Gasteiger partial charge in [-0.25, -0.2) is 0 Å². The molecule has 136 valence electrons. The first-order valence-corrected chi connectivity index (χ1v) is 10.0. The van der Waals surface area contributed by atoms with E-state index in [1.807, 2.05) is 24.3 Å². The van der Waals surface area contributed by atoms with E-state index in [1.54, 1.807) is 0 Å². The van der Waals surface area contributed by atoms with E-state index in [9.17, 15) is 0 Å². The fraction of sp³-hybridized carbons (Fsp3) is 0.0400. The van der Waals surface area contributed by atoms with Crippen LogP contribution in [0.5, 0.6) is 11.5 Å². The van der Waals surface area contributed by atoms with Gasteiger partial charge in [0, 0.05) is 20.9 Å². The number of hydrogen-bond acceptors (Lipinski definition) is 3. The van der Waals surface area contributed by atoms with Gasteiger partial charge >= 0.3 is 0 Å². The third kappa shape index (κ3) is 2.58. The molecule has 0 fully saturated rings. The van der Waals surface area contributed by atoms with E-state index in [-0.39, 0.29) is 0 Å². The van der Waals surface area contributed by atoms with Gasteiger partial charge in [0.15, 0.2) is 0 Å². The maximum atomic E-state index is 6.34. The van der Waals surface area contributed by atoms with E-state index in [1.165, 1.54) is 11.1 Å². The van der Waals surface area contributed by atoms with Crippen LogP contribution in [0.15, 0.2) is 107 Å². The van der Waals surface area contributed by atoms with Gasteiger partial charge < -0.3 is 4.74 Å². The first-order valence-electron chi connectivity index (χ1n) is 9.15. The Morgan fingerprint density at radius 3 is 1.39 bits per heavy atom. The summed E-state index contributed by atoms with van der Waals surface area (Å²) in [5.74, 6) is 1.65. The molecule has 0 saturated carbocycles. The van der Waals surface area contributed by atoms with Crippen molar-refractivity contribution >= 4 is 25.3 Å². The normalized spacial score (nSPS) is 13.9. The summed E-state index contributed by atoms with van der Waals surface area (Å²) < 4.78 is 6.34. The standard InChI is InChI=1S/C25H18OS2/c27-19-11-13-21-23(15-19)26-24-16-20(28)12-14-22(24)25(21,17-7-3-1-4-8-17)18-9-5-2-6-10-18/h1-16,27-28H. The van der Waals surface area contributed by atoms with Gasteiger partial charge in [-0.1, -0.05) is 72.8 Å². The smallest absolute Gasteiger partial charge is 0.133 e. The second kappa shape index (κ2) is 6.77. The topological polar surface area (TPSA) is 9.23 Å². The summed E-state index contributed by atoms with van der Waals surface area (Å²) in [6.45, 7) is 0. The molecule has 1 heterocycles. The van der Waals surface area contributed by atoms with Gasteiger partial charge in [-0.3, -0.25) is 0 Å². The van der Waals surface area contributed by atoms with Gasteiger partial charge in [0.05, 0.1) is 5.41 Å². The van der Waals surface area contributed by atoms with E-state index >= 15 is 0 Å². The number of benzene rings is 4. The third-order valence-corrected chi connectivity index (χ3v) is 5.93. The fourth-order valence-electron chi connectivity index (χ4n) is 4.24. The van der Waals surface area contributed by atoms with Gasteiger partial charge in [-0.2, -0.15) is 0 Å². The van der Waals surface area contributed by atoms with Crippen LogP contribution in [0.2, 0.25) is 0 Å².